The van der Waals surface area contributed by atoms with Gasteiger partial charge in [0, 0.05) is 10.6 Å². The lowest BCUT2D eigenvalue weighted by Crippen LogP contribution is -2.32. The van der Waals surface area contributed by atoms with Crippen LogP contribution in [0.2, 0.25) is 0 Å². The molecule has 2 aromatic carbocycles. The van der Waals surface area contributed by atoms with Crippen molar-refractivity contribution < 1.29 is 9.59 Å². The van der Waals surface area contributed by atoms with E-state index in [1.165, 1.54) is 6.21 Å². The molecule has 0 aliphatic heterocycles. The number of carbonyl (C=O) groups is 2. The summed E-state index contributed by atoms with van der Waals surface area (Å²) in [6.45, 7) is 0. The van der Waals surface area contributed by atoms with E-state index in [1.54, 1.807) is 36.0 Å². The van der Waals surface area contributed by atoms with E-state index in [2.05, 4.69) is 15.8 Å². The predicted octanol–water partition coefficient (Wildman–Crippen LogP) is 2.50. The minimum absolute atomic E-state index is 0.555. The molecule has 2 N–H and O–H groups in total. The van der Waals surface area contributed by atoms with Gasteiger partial charge in [-0.15, -0.1) is 11.8 Å². The zero-order valence-electron chi connectivity index (χ0n) is 11.9. The Morgan fingerprint density at radius 2 is 1.68 bits per heavy atom. The van der Waals surface area contributed by atoms with Crippen molar-refractivity contribution in [1.29, 1.82) is 0 Å². The van der Waals surface area contributed by atoms with Crippen LogP contribution in [-0.4, -0.2) is 24.3 Å². The summed E-state index contributed by atoms with van der Waals surface area (Å²) in [7, 11) is 0. The van der Waals surface area contributed by atoms with Gasteiger partial charge < -0.3 is 5.32 Å². The fraction of sp³-hybridized carbons (Fsp3) is 0.0625. The summed E-state index contributed by atoms with van der Waals surface area (Å²) in [5, 5.41) is 6.25. The van der Waals surface area contributed by atoms with E-state index < -0.39 is 11.8 Å². The highest BCUT2D eigenvalue weighted by molar-refractivity contribution is 7.98. The van der Waals surface area contributed by atoms with Gasteiger partial charge in [-0.2, -0.15) is 5.10 Å². The highest BCUT2D eigenvalue weighted by Crippen LogP contribution is 2.13. The van der Waals surface area contributed by atoms with Crippen LogP contribution in [0.1, 0.15) is 5.56 Å². The third kappa shape index (κ3) is 4.75. The molecule has 0 aliphatic carbocycles. The third-order valence-corrected chi connectivity index (χ3v) is 3.48. The molecule has 0 aliphatic rings. The summed E-state index contributed by atoms with van der Waals surface area (Å²) in [6, 6.07) is 16.4. The number of rotatable bonds is 4. The molecule has 2 aromatic rings. The average molecular weight is 313 g/mol. The summed E-state index contributed by atoms with van der Waals surface area (Å²) < 4.78 is 0. The smallest absolute Gasteiger partial charge is 0.318 e. The van der Waals surface area contributed by atoms with Crippen molar-refractivity contribution in [3.63, 3.8) is 0 Å². The molecule has 5 nitrogen and oxygen atoms in total. The number of carbonyl (C=O) groups excluding carboxylic acids is 2. The number of nitrogens with one attached hydrogen (secondary N) is 2. The van der Waals surface area contributed by atoms with E-state index in [1.807, 2.05) is 36.6 Å². The fourth-order valence-electron chi connectivity index (χ4n) is 1.62. The molecule has 0 fully saturated rings. The van der Waals surface area contributed by atoms with Crippen molar-refractivity contribution in [3.8, 4) is 0 Å². The Kier molecular flexibility index (Phi) is 5.73. The maximum absolute atomic E-state index is 11.6. The van der Waals surface area contributed by atoms with E-state index in [-0.39, 0.29) is 0 Å². The molecule has 0 aromatic heterocycles. The van der Waals surface area contributed by atoms with Gasteiger partial charge in [0.25, 0.3) is 0 Å². The summed E-state index contributed by atoms with van der Waals surface area (Å²) >= 11 is 1.64. The molecule has 0 atom stereocenters. The van der Waals surface area contributed by atoms with Crippen molar-refractivity contribution in [3.05, 3.63) is 60.2 Å². The number of hydrogen-bond acceptors (Lipinski definition) is 4. The Morgan fingerprint density at radius 3 is 2.32 bits per heavy atom. The van der Waals surface area contributed by atoms with Crippen LogP contribution in [0.5, 0.6) is 0 Å². The van der Waals surface area contributed by atoms with Crippen LogP contribution in [0.15, 0.2) is 64.6 Å². The van der Waals surface area contributed by atoms with Crippen molar-refractivity contribution in [2.24, 2.45) is 5.10 Å². The van der Waals surface area contributed by atoms with Crippen molar-refractivity contribution in [2.75, 3.05) is 11.6 Å². The van der Waals surface area contributed by atoms with Crippen LogP contribution in [0.3, 0.4) is 0 Å². The highest BCUT2D eigenvalue weighted by Gasteiger charge is 2.12. The number of hydrazone groups is 1. The lowest BCUT2D eigenvalue weighted by Gasteiger charge is -2.03. The van der Waals surface area contributed by atoms with Crippen LogP contribution in [0.4, 0.5) is 5.69 Å². The SMILES string of the molecule is CSc1ccc(/C=N\NC(=O)C(=O)Nc2ccccc2)cc1. The van der Waals surface area contributed by atoms with Crippen LogP contribution >= 0.6 is 11.8 Å². The quantitative estimate of drug-likeness (QED) is 0.394. The first-order valence-electron chi connectivity index (χ1n) is 6.52. The van der Waals surface area contributed by atoms with E-state index in [4.69, 9.17) is 0 Å². The first-order valence-corrected chi connectivity index (χ1v) is 7.75. The number of para-hydroxylation sites is 1. The minimum Gasteiger partial charge on any atom is -0.318 e. The zero-order chi connectivity index (χ0) is 15.8. The summed E-state index contributed by atoms with van der Waals surface area (Å²) in [5.74, 6) is -1.58. The molecule has 0 saturated heterocycles. The molecule has 0 heterocycles. The van der Waals surface area contributed by atoms with Crippen molar-refractivity contribution >= 4 is 35.5 Å². The number of hydrogen-bond donors (Lipinski definition) is 2. The van der Waals surface area contributed by atoms with Crippen molar-refractivity contribution in [1.82, 2.24) is 5.43 Å². The summed E-state index contributed by atoms with van der Waals surface area (Å²) in [6.07, 6.45) is 3.48. The Labute approximate surface area is 132 Å². The maximum Gasteiger partial charge on any atom is 0.329 e. The van der Waals surface area contributed by atoms with Crippen LogP contribution in [0.25, 0.3) is 0 Å². The van der Waals surface area contributed by atoms with E-state index in [0.29, 0.717) is 5.69 Å². The van der Waals surface area contributed by atoms with Gasteiger partial charge in [0.05, 0.1) is 6.21 Å². The van der Waals surface area contributed by atoms with Gasteiger partial charge in [-0.3, -0.25) is 9.59 Å². The van der Waals surface area contributed by atoms with E-state index >= 15 is 0 Å². The zero-order valence-corrected chi connectivity index (χ0v) is 12.8. The molecule has 0 radical (unpaired) electrons. The first kappa shape index (κ1) is 15.8. The molecule has 6 heteroatoms. The monoisotopic (exact) mass is 313 g/mol. The maximum atomic E-state index is 11.6. The van der Waals surface area contributed by atoms with Gasteiger partial charge >= 0.3 is 11.8 Å². The van der Waals surface area contributed by atoms with E-state index in [0.717, 1.165) is 10.5 Å². The Balaban J connectivity index is 1.86. The second-order valence-electron chi connectivity index (χ2n) is 4.29. The fourth-order valence-corrected chi connectivity index (χ4v) is 2.02. The highest BCUT2D eigenvalue weighted by atomic mass is 32.2. The molecule has 22 heavy (non-hydrogen) atoms. The molecule has 0 saturated carbocycles. The number of thioether (sulfide) groups is 1. The van der Waals surface area contributed by atoms with Gasteiger partial charge in [-0.1, -0.05) is 30.3 Å². The second kappa shape index (κ2) is 7.99. The summed E-state index contributed by atoms with van der Waals surface area (Å²) in [5.41, 5.74) is 3.58. The molecule has 2 amide bonds. The molecule has 112 valence electrons. The molecule has 0 spiro atoms. The number of anilines is 1. The topological polar surface area (TPSA) is 70.6 Å². The second-order valence-corrected chi connectivity index (χ2v) is 5.17. The third-order valence-electron chi connectivity index (χ3n) is 2.73. The lowest BCUT2D eigenvalue weighted by atomic mass is 10.2. The van der Waals surface area contributed by atoms with Gasteiger partial charge in [-0.25, -0.2) is 5.43 Å². The van der Waals surface area contributed by atoms with Gasteiger partial charge in [0.1, 0.15) is 0 Å². The predicted molar refractivity (Wildman–Crippen MR) is 89.0 cm³/mol. The summed E-state index contributed by atoms with van der Waals surface area (Å²) in [4.78, 5) is 24.4. The largest absolute Gasteiger partial charge is 0.329 e. The van der Waals surface area contributed by atoms with Gasteiger partial charge in [-0.05, 0) is 36.1 Å². The molecule has 0 bridgehead atoms. The van der Waals surface area contributed by atoms with Crippen molar-refractivity contribution in [2.45, 2.75) is 4.90 Å². The minimum atomic E-state index is -0.819. The lowest BCUT2D eigenvalue weighted by molar-refractivity contribution is -0.136. The molecule has 2 rings (SSSR count). The Hall–Kier alpha value is -2.60. The molecular weight excluding hydrogens is 298 g/mol. The van der Waals surface area contributed by atoms with Gasteiger partial charge in [0.2, 0.25) is 0 Å². The van der Waals surface area contributed by atoms with Crippen LogP contribution < -0.4 is 10.7 Å². The Morgan fingerprint density at radius 1 is 1.00 bits per heavy atom. The molecule has 0 unspecified atom stereocenters. The number of benzene rings is 2. The average Bonchev–Trinajstić information content (AvgIpc) is 2.56. The first-order chi connectivity index (χ1) is 10.7. The van der Waals surface area contributed by atoms with Crippen LogP contribution in [0, 0.1) is 0 Å². The normalized spacial score (nSPS) is 10.4. The number of amides is 2. The number of nitrogens with zero attached hydrogens (tertiary/aromatic N) is 1. The van der Waals surface area contributed by atoms with Gasteiger partial charge in [0.15, 0.2) is 0 Å². The van der Waals surface area contributed by atoms with E-state index in [9.17, 15) is 9.59 Å². The Bertz CT molecular complexity index is 670. The van der Waals surface area contributed by atoms with Crippen LogP contribution in [-0.2, 0) is 9.59 Å². The molecular formula is C16H15N3O2S. The standard InChI is InChI=1S/C16H15N3O2S/c1-22-14-9-7-12(8-10-14)11-17-19-16(21)15(20)18-13-5-3-2-4-6-13/h2-11H,1H3,(H,18,20)(H,19,21)/b17-11-.